The summed E-state index contributed by atoms with van der Waals surface area (Å²) in [5, 5.41) is 0. The van der Waals surface area contributed by atoms with E-state index in [1.807, 2.05) is 54.1 Å². The molecular weight excluding hydrogens is 240 g/mol. The molecule has 0 fully saturated rings. The van der Waals surface area contributed by atoms with Crippen LogP contribution in [0.5, 0.6) is 0 Å². The summed E-state index contributed by atoms with van der Waals surface area (Å²) in [6, 6.07) is 11.6. The molecule has 1 aromatic heterocycles. The standard InChI is InChI=1S/C15H18N2O2/c1-2-19-15(18)10-9-12-6-5-11-17(12)14-8-4-3-7-13(14)16/h3-8,11H,2,9-10,16H2,1H3. The minimum absolute atomic E-state index is 0.170. The molecule has 1 heterocycles. The number of para-hydroxylation sites is 2. The van der Waals surface area contributed by atoms with Gasteiger partial charge in [0.05, 0.1) is 24.4 Å². The summed E-state index contributed by atoms with van der Waals surface area (Å²) in [6.45, 7) is 2.23. The van der Waals surface area contributed by atoms with Crippen molar-refractivity contribution in [3.63, 3.8) is 0 Å². The van der Waals surface area contributed by atoms with E-state index in [4.69, 9.17) is 10.5 Å². The quantitative estimate of drug-likeness (QED) is 0.662. The molecule has 0 bridgehead atoms. The zero-order chi connectivity index (χ0) is 13.7. The highest BCUT2D eigenvalue weighted by Crippen LogP contribution is 2.20. The lowest BCUT2D eigenvalue weighted by molar-refractivity contribution is -0.143. The van der Waals surface area contributed by atoms with Gasteiger partial charge in [-0.1, -0.05) is 12.1 Å². The molecule has 0 unspecified atom stereocenters. The first-order valence-corrected chi connectivity index (χ1v) is 6.39. The summed E-state index contributed by atoms with van der Waals surface area (Å²) in [7, 11) is 0. The van der Waals surface area contributed by atoms with Crippen LogP contribution in [0.3, 0.4) is 0 Å². The van der Waals surface area contributed by atoms with Crippen LogP contribution < -0.4 is 5.73 Å². The number of carbonyl (C=O) groups excluding carboxylic acids is 1. The zero-order valence-corrected chi connectivity index (χ0v) is 11.0. The number of nitrogens with zero attached hydrogens (tertiary/aromatic N) is 1. The third kappa shape index (κ3) is 3.16. The Hall–Kier alpha value is -2.23. The summed E-state index contributed by atoms with van der Waals surface area (Å²) in [4.78, 5) is 11.4. The summed E-state index contributed by atoms with van der Waals surface area (Å²) in [6.07, 6.45) is 2.97. The van der Waals surface area contributed by atoms with Crippen LogP contribution in [0.4, 0.5) is 5.69 Å². The van der Waals surface area contributed by atoms with Gasteiger partial charge in [0.25, 0.3) is 0 Å². The van der Waals surface area contributed by atoms with Crippen LogP contribution in [0.25, 0.3) is 5.69 Å². The number of ether oxygens (including phenoxy) is 1. The Kier molecular flexibility index (Phi) is 4.23. The number of hydrogen-bond acceptors (Lipinski definition) is 3. The van der Waals surface area contributed by atoms with E-state index in [1.54, 1.807) is 0 Å². The molecule has 0 saturated carbocycles. The minimum atomic E-state index is -0.170. The third-order valence-electron chi connectivity index (χ3n) is 2.92. The van der Waals surface area contributed by atoms with Gasteiger partial charge in [-0.15, -0.1) is 0 Å². The van der Waals surface area contributed by atoms with E-state index in [2.05, 4.69) is 0 Å². The van der Waals surface area contributed by atoms with E-state index in [0.717, 1.165) is 17.1 Å². The van der Waals surface area contributed by atoms with Gasteiger partial charge in [-0.2, -0.15) is 0 Å². The van der Waals surface area contributed by atoms with Crippen molar-refractivity contribution >= 4 is 11.7 Å². The number of nitrogens with two attached hydrogens (primary N) is 1. The van der Waals surface area contributed by atoms with Gasteiger partial charge >= 0.3 is 5.97 Å². The maximum absolute atomic E-state index is 11.4. The van der Waals surface area contributed by atoms with Crippen LogP contribution in [0.1, 0.15) is 19.0 Å². The second kappa shape index (κ2) is 6.09. The molecule has 0 radical (unpaired) electrons. The van der Waals surface area contributed by atoms with Gasteiger partial charge in [-0.05, 0) is 37.6 Å². The Bertz CT molecular complexity index is 561. The highest BCUT2D eigenvalue weighted by Gasteiger charge is 2.08. The Morgan fingerprint density at radius 1 is 1.26 bits per heavy atom. The van der Waals surface area contributed by atoms with Crippen molar-refractivity contribution < 1.29 is 9.53 Å². The molecule has 2 rings (SSSR count). The van der Waals surface area contributed by atoms with Crippen molar-refractivity contribution in [2.45, 2.75) is 19.8 Å². The number of rotatable bonds is 5. The van der Waals surface area contributed by atoms with Gasteiger partial charge in [0.2, 0.25) is 0 Å². The lowest BCUT2D eigenvalue weighted by Crippen LogP contribution is -2.08. The van der Waals surface area contributed by atoms with Crippen LogP contribution in [-0.4, -0.2) is 17.1 Å². The predicted octanol–water partition coefficient (Wildman–Crippen LogP) is 2.56. The molecule has 1 aromatic carbocycles. The molecule has 0 amide bonds. The Morgan fingerprint density at radius 3 is 2.79 bits per heavy atom. The van der Waals surface area contributed by atoms with Crippen LogP contribution in [0, 0.1) is 0 Å². The van der Waals surface area contributed by atoms with Crippen LogP contribution in [-0.2, 0) is 16.0 Å². The predicted molar refractivity (Wildman–Crippen MR) is 75.1 cm³/mol. The van der Waals surface area contributed by atoms with E-state index >= 15 is 0 Å². The van der Waals surface area contributed by atoms with Crippen molar-refractivity contribution in [1.29, 1.82) is 0 Å². The third-order valence-corrected chi connectivity index (χ3v) is 2.92. The second-order valence-electron chi connectivity index (χ2n) is 4.23. The Labute approximate surface area is 112 Å². The summed E-state index contributed by atoms with van der Waals surface area (Å²) in [5.74, 6) is -0.170. The maximum Gasteiger partial charge on any atom is 0.306 e. The number of carbonyl (C=O) groups is 1. The minimum Gasteiger partial charge on any atom is -0.466 e. The number of anilines is 1. The van der Waals surface area contributed by atoms with Gasteiger partial charge in [-0.3, -0.25) is 4.79 Å². The van der Waals surface area contributed by atoms with Crippen molar-refractivity contribution in [3.05, 3.63) is 48.3 Å². The molecule has 0 aliphatic heterocycles. The van der Waals surface area contributed by atoms with Gasteiger partial charge in [0, 0.05) is 11.9 Å². The molecular formula is C15H18N2O2. The molecule has 4 heteroatoms. The molecule has 100 valence electrons. The molecule has 2 aromatic rings. The average Bonchev–Trinajstić information content (AvgIpc) is 2.85. The van der Waals surface area contributed by atoms with Crippen molar-refractivity contribution in [1.82, 2.24) is 4.57 Å². The fourth-order valence-corrected chi connectivity index (χ4v) is 2.03. The number of aryl methyl sites for hydroxylation is 1. The van der Waals surface area contributed by atoms with Crippen molar-refractivity contribution in [3.8, 4) is 5.69 Å². The number of nitrogen functional groups attached to an aromatic ring is 1. The first-order valence-electron chi connectivity index (χ1n) is 6.39. The fraction of sp³-hybridized carbons (Fsp3) is 0.267. The van der Waals surface area contributed by atoms with Crippen molar-refractivity contribution in [2.75, 3.05) is 12.3 Å². The topological polar surface area (TPSA) is 57.2 Å². The van der Waals surface area contributed by atoms with E-state index < -0.39 is 0 Å². The number of esters is 1. The fourth-order valence-electron chi connectivity index (χ4n) is 2.03. The molecule has 19 heavy (non-hydrogen) atoms. The van der Waals surface area contributed by atoms with Crippen LogP contribution in [0.2, 0.25) is 0 Å². The molecule has 0 aliphatic rings. The normalized spacial score (nSPS) is 10.4. The van der Waals surface area contributed by atoms with E-state index in [1.165, 1.54) is 0 Å². The Balaban J connectivity index is 2.14. The largest absolute Gasteiger partial charge is 0.466 e. The Morgan fingerprint density at radius 2 is 2.05 bits per heavy atom. The zero-order valence-electron chi connectivity index (χ0n) is 11.0. The molecule has 0 atom stereocenters. The van der Waals surface area contributed by atoms with E-state index in [0.29, 0.717) is 19.4 Å². The van der Waals surface area contributed by atoms with E-state index in [-0.39, 0.29) is 5.97 Å². The number of aromatic nitrogens is 1. The van der Waals surface area contributed by atoms with Gasteiger partial charge in [-0.25, -0.2) is 0 Å². The van der Waals surface area contributed by atoms with Gasteiger partial charge in [0.15, 0.2) is 0 Å². The molecule has 2 N–H and O–H groups in total. The number of benzene rings is 1. The van der Waals surface area contributed by atoms with Crippen molar-refractivity contribution in [2.24, 2.45) is 0 Å². The summed E-state index contributed by atoms with van der Waals surface area (Å²) >= 11 is 0. The van der Waals surface area contributed by atoms with E-state index in [9.17, 15) is 4.79 Å². The van der Waals surface area contributed by atoms with Crippen LogP contribution in [0.15, 0.2) is 42.6 Å². The monoisotopic (exact) mass is 258 g/mol. The number of hydrogen-bond donors (Lipinski definition) is 1. The maximum atomic E-state index is 11.4. The van der Waals surface area contributed by atoms with Gasteiger partial charge in [0.1, 0.15) is 0 Å². The highest BCUT2D eigenvalue weighted by molar-refractivity contribution is 5.69. The average molecular weight is 258 g/mol. The van der Waals surface area contributed by atoms with Gasteiger partial charge < -0.3 is 15.0 Å². The summed E-state index contributed by atoms with van der Waals surface area (Å²) in [5.41, 5.74) is 8.67. The summed E-state index contributed by atoms with van der Waals surface area (Å²) < 4.78 is 6.95. The molecule has 4 nitrogen and oxygen atoms in total. The second-order valence-corrected chi connectivity index (χ2v) is 4.23. The van der Waals surface area contributed by atoms with Crippen LogP contribution >= 0.6 is 0 Å². The SMILES string of the molecule is CCOC(=O)CCc1cccn1-c1ccccc1N. The molecule has 0 spiro atoms. The first-order chi connectivity index (χ1) is 9.22. The lowest BCUT2D eigenvalue weighted by atomic mass is 10.2. The smallest absolute Gasteiger partial charge is 0.306 e. The molecule has 0 aliphatic carbocycles. The highest BCUT2D eigenvalue weighted by atomic mass is 16.5. The molecule has 0 saturated heterocycles. The lowest BCUT2D eigenvalue weighted by Gasteiger charge is -2.11. The first kappa shape index (κ1) is 13.2.